The maximum atomic E-state index is 5.33. The van der Waals surface area contributed by atoms with Crippen LogP contribution in [0.2, 0.25) is 0 Å². The minimum Gasteiger partial charge on any atom is -0.381 e. The van der Waals surface area contributed by atoms with E-state index in [0.29, 0.717) is 12.5 Å². The summed E-state index contributed by atoms with van der Waals surface area (Å²) < 4.78 is 12.6. The molecule has 1 aliphatic rings. The first-order chi connectivity index (χ1) is 8.79. The van der Waals surface area contributed by atoms with Gasteiger partial charge in [-0.15, -0.1) is 0 Å². The molecule has 3 rings (SSSR count). The molecule has 0 N–H and O–H groups in total. The molecule has 2 aromatic rings. The third kappa shape index (κ3) is 1.82. The Balaban J connectivity index is 1.90. The number of aromatic nitrogens is 4. The number of aryl methyl sites for hydroxylation is 1. The smallest absolute Gasteiger partial charge is 0.261 e. The molecule has 1 saturated heterocycles. The van der Waals surface area contributed by atoms with Gasteiger partial charge in [-0.3, -0.25) is 4.68 Å². The summed E-state index contributed by atoms with van der Waals surface area (Å²) in [5.74, 6) is 1.56. The van der Waals surface area contributed by atoms with Gasteiger partial charge in [0.1, 0.15) is 0 Å². The van der Waals surface area contributed by atoms with Crippen LogP contribution in [0.3, 0.4) is 0 Å². The van der Waals surface area contributed by atoms with Crippen LogP contribution in [0.4, 0.5) is 0 Å². The second-order valence-corrected chi connectivity index (χ2v) is 4.48. The maximum absolute atomic E-state index is 5.33. The zero-order chi connectivity index (χ0) is 12.5. The summed E-state index contributed by atoms with van der Waals surface area (Å²) in [4.78, 5) is 4.46. The highest BCUT2D eigenvalue weighted by molar-refractivity contribution is 5.54. The summed E-state index contributed by atoms with van der Waals surface area (Å²) in [6.07, 6.45) is 2.74. The second kappa shape index (κ2) is 4.53. The monoisotopic (exact) mass is 248 g/mol. The van der Waals surface area contributed by atoms with Crippen molar-refractivity contribution in [3.8, 4) is 11.5 Å². The van der Waals surface area contributed by atoms with Gasteiger partial charge < -0.3 is 9.26 Å². The van der Waals surface area contributed by atoms with E-state index >= 15 is 0 Å². The molecule has 1 aliphatic heterocycles. The van der Waals surface area contributed by atoms with Crippen LogP contribution in [0.15, 0.2) is 10.7 Å². The van der Waals surface area contributed by atoms with Crippen LogP contribution in [0.25, 0.3) is 11.5 Å². The minimum atomic E-state index is 0.268. The lowest BCUT2D eigenvalue weighted by Crippen LogP contribution is -2.00. The molecule has 0 saturated carbocycles. The maximum Gasteiger partial charge on any atom is 0.261 e. The van der Waals surface area contributed by atoms with E-state index in [4.69, 9.17) is 9.26 Å². The molecule has 1 atom stereocenters. The Morgan fingerprint density at radius 1 is 1.50 bits per heavy atom. The molecule has 0 amide bonds. The molecule has 6 nitrogen and oxygen atoms in total. The van der Waals surface area contributed by atoms with Crippen LogP contribution >= 0.6 is 0 Å². The molecule has 1 unspecified atom stereocenters. The highest BCUT2D eigenvalue weighted by Crippen LogP contribution is 2.26. The van der Waals surface area contributed by atoms with E-state index < -0.39 is 0 Å². The molecule has 18 heavy (non-hydrogen) atoms. The highest BCUT2D eigenvalue weighted by Gasteiger charge is 2.24. The van der Waals surface area contributed by atoms with E-state index in [1.807, 2.05) is 11.6 Å². The van der Waals surface area contributed by atoms with Crippen LogP contribution in [0.1, 0.15) is 30.8 Å². The van der Waals surface area contributed by atoms with Crippen molar-refractivity contribution in [2.75, 3.05) is 13.2 Å². The Morgan fingerprint density at radius 2 is 2.39 bits per heavy atom. The highest BCUT2D eigenvalue weighted by atomic mass is 16.5. The third-order valence-electron chi connectivity index (χ3n) is 3.37. The Bertz CT molecular complexity index is 540. The number of hydrogen-bond acceptors (Lipinski definition) is 5. The van der Waals surface area contributed by atoms with Crippen LogP contribution in [-0.2, 0) is 11.3 Å². The molecular weight excluding hydrogens is 232 g/mol. The van der Waals surface area contributed by atoms with Gasteiger partial charge in [-0.1, -0.05) is 5.16 Å². The van der Waals surface area contributed by atoms with E-state index in [9.17, 15) is 0 Å². The van der Waals surface area contributed by atoms with Crippen LogP contribution < -0.4 is 0 Å². The second-order valence-electron chi connectivity index (χ2n) is 4.48. The van der Waals surface area contributed by atoms with Crippen molar-refractivity contribution in [3.63, 3.8) is 0 Å². The molecule has 0 aliphatic carbocycles. The Labute approximate surface area is 105 Å². The SMILES string of the molecule is CCn1ncc(-c2nc(C3CCOC3)no2)c1C. The lowest BCUT2D eigenvalue weighted by molar-refractivity contribution is 0.192. The van der Waals surface area contributed by atoms with Gasteiger partial charge >= 0.3 is 0 Å². The summed E-state index contributed by atoms with van der Waals surface area (Å²) in [6.45, 7) is 6.37. The van der Waals surface area contributed by atoms with E-state index in [-0.39, 0.29) is 5.92 Å². The first-order valence-electron chi connectivity index (χ1n) is 6.23. The van der Waals surface area contributed by atoms with Crippen molar-refractivity contribution in [2.24, 2.45) is 0 Å². The van der Waals surface area contributed by atoms with Crippen molar-refractivity contribution in [1.29, 1.82) is 0 Å². The average molecular weight is 248 g/mol. The predicted molar refractivity (Wildman–Crippen MR) is 64.1 cm³/mol. The standard InChI is InChI=1S/C12H16N4O2/c1-3-16-8(2)10(6-13-16)12-14-11(15-18-12)9-4-5-17-7-9/h6,9H,3-5,7H2,1-2H3. The van der Waals surface area contributed by atoms with Gasteiger partial charge in [-0.25, -0.2) is 0 Å². The third-order valence-corrected chi connectivity index (χ3v) is 3.37. The Hall–Kier alpha value is -1.69. The van der Waals surface area contributed by atoms with Crippen LogP contribution in [0.5, 0.6) is 0 Å². The van der Waals surface area contributed by atoms with Crippen molar-refractivity contribution in [3.05, 3.63) is 17.7 Å². The number of hydrogen-bond donors (Lipinski definition) is 0. The minimum absolute atomic E-state index is 0.268. The van der Waals surface area contributed by atoms with Gasteiger partial charge in [0.05, 0.1) is 18.4 Å². The largest absolute Gasteiger partial charge is 0.381 e. The molecule has 96 valence electrons. The molecule has 6 heteroatoms. The molecular formula is C12H16N4O2. The lowest BCUT2D eigenvalue weighted by Gasteiger charge is -1.99. The molecule has 3 heterocycles. The van der Waals surface area contributed by atoms with E-state index in [1.165, 1.54) is 0 Å². The fraction of sp³-hybridized carbons (Fsp3) is 0.583. The number of ether oxygens (including phenoxy) is 1. The predicted octanol–water partition coefficient (Wildman–Crippen LogP) is 1.77. The summed E-state index contributed by atoms with van der Waals surface area (Å²) in [7, 11) is 0. The molecule has 0 spiro atoms. The summed E-state index contributed by atoms with van der Waals surface area (Å²) >= 11 is 0. The first kappa shape index (κ1) is 11.4. The van der Waals surface area contributed by atoms with Crippen LogP contribution in [0, 0.1) is 6.92 Å². The van der Waals surface area contributed by atoms with Crippen molar-refractivity contribution < 1.29 is 9.26 Å². The summed E-state index contributed by atoms with van der Waals surface area (Å²) in [5, 5.41) is 8.33. The Morgan fingerprint density at radius 3 is 3.06 bits per heavy atom. The van der Waals surface area contributed by atoms with Gasteiger partial charge in [0.15, 0.2) is 5.82 Å². The molecule has 1 fully saturated rings. The normalized spacial score (nSPS) is 19.6. The van der Waals surface area contributed by atoms with E-state index in [1.54, 1.807) is 6.20 Å². The summed E-state index contributed by atoms with van der Waals surface area (Å²) in [5.41, 5.74) is 1.96. The van der Waals surface area contributed by atoms with Crippen molar-refractivity contribution in [1.82, 2.24) is 19.9 Å². The quantitative estimate of drug-likeness (QED) is 0.828. The van der Waals surface area contributed by atoms with Gasteiger partial charge in [0, 0.05) is 24.8 Å². The van der Waals surface area contributed by atoms with Crippen molar-refractivity contribution in [2.45, 2.75) is 32.7 Å². The molecule has 2 aromatic heterocycles. The van der Waals surface area contributed by atoms with Gasteiger partial charge in [-0.2, -0.15) is 10.1 Å². The average Bonchev–Trinajstić information content (AvgIpc) is 3.08. The zero-order valence-corrected chi connectivity index (χ0v) is 10.6. The van der Waals surface area contributed by atoms with Gasteiger partial charge in [0.25, 0.3) is 5.89 Å². The summed E-state index contributed by atoms with van der Waals surface area (Å²) in [6, 6.07) is 0. The fourth-order valence-corrected chi connectivity index (χ4v) is 2.22. The molecule has 0 aromatic carbocycles. The topological polar surface area (TPSA) is 66.0 Å². The van der Waals surface area contributed by atoms with Gasteiger partial charge in [0.2, 0.25) is 0 Å². The lowest BCUT2D eigenvalue weighted by atomic mass is 10.1. The van der Waals surface area contributed by atoms with E-state index in [0.717, 1.165) is 36.7 Å². The fourth-order valence-electron chi connectivity index (χ4n) is 2.22. The van der Waals surface area contributed by atoms with Gasteiger partial charge in [-0.05, 0) is 20.3 Å². The van der Waals surface area contributed by atoms with Crippen molar-refractivity contribution >= 4 is 0 Å². The zero-order valence-electron chi connectivity index (χ0n) is 10.6. The number of nitrogens with zero attached hydrogens (tertiary/aromatic N) is 4. The first-order valence-corrected chi connectivity index (χ1v) is 6.23. The Kier molecular flexibility index (Phi) is 2.87. The molecule has 0 radical (unpaired) electrons. The molecule has 0 bridgehead atoms. The van der Waals surface area contributed by atoms with Crippen LogP contribution in [-0.4, -0.2) is 33.1 Å². The van der Waals surface area contributed by atoms with E-state index in [2.05, 4.69) is 22.2 Å². The number of rotatable bonds is 3.